The van der Waals surface area contributed by atoms with E-state index < -0.39 is 5.54 Å². The van der Waals surface area contributed by atoms with Gasteiger partial charge in [0.15, 0.2) is 0 Å². The molecule has 5 heteroatoms. The van der Waals surface area contributed by atoms with Crippen LogP contribution in [0.25, 0.3) is 0 Å². The maximum atomic E-state index is 11.9. The molecule has 0 fully saturated rings. The normalized spacial score (nSPS) is 12.9. The number of hydrogen-bond donors (Lipinski definition) is 2. The smallest absolute Gasteiger partial charge is 0.240 e. The second-order valence-corrected chi connectivity index (χ2v) is 5.06. The fraction of sp³-hybridized carbons (Fsp3) is 0.400. The summed E-state index contributed by atoms with van der Waals surface area (Å²) in [6.45, 7) is 5.52. The van der Waals surface area contributed by atoms with Crippen molar-refractivity contribution in [2.75, 3.05) is 11.9 Å². The maximum Gasteiger partial charge on any atom is 0.240 e. The average Bonchev–Trinajstić information content (AvgIpc) is 2.45. The summed E-state index contributed by atoms with van der Waals surface area (Å²) in [5, 5.41) is 23.6. The lowest BCUT2D eigenvalue weighted by Crippen LogP contribution is -2.50. The van der Waals surface area contributed by atoms with Crippen molar-refractivity contribution in [3.63, 3.8) is 0 Å². The third-order valence-electron chi connectivity index (χ3n) is 3.23. The summed E-state index contributed by atoms with van der Waals surface area (Å²) in [6.07, 6.45) is 0. The Morgan fingerprint density at radius 3 is 2.65 bits per heavy atom. The van der Waals surface area contributed by atoms with Crippen molar-refractivity contribution in [2.45, 2.75) is 26.3 Å². The third-order valence-corrected chi connectivity index (χ3v) is 3.23. The van der Waals surface area contributed by atoms with Gasteiger partial charge in [0.05, 0.1) is 24.2 Å². The van der Waals surface area contributed by atoms with E-state index in [1.807, 2.05) is 19.9 Å². The van der Waals surface area contributed by atoms with Crippen molar-refractivity contribution in [3.05, 3.63) is 29.8 Å². The van der Waals surface area contributed by atoms with Crippen molar-refractivity contribution in [3.8, 4) is 12.1 Å². The van der Waals surface area contributed by atoms with Gasteiger partial charge in [0, 0.05) is 5.69 Å². The zero-order valence-electron chi connectivity index (χ0n) is 11.9. The summed E-state index contributed by atoms with van der Waals surface area (Å²) in [4.78, 5) is 11.9. The lowest BCUT2D eigenvalue weighted by Gasteiger charge is -2.27. The standard InChI is InChI=1S/C15H18N4O/c1-11(2)15(3,10-17)19-14(20)9-18-13-6-4-5-12(7-13)8-16/h4-7,11,18H,9H2,1-3H3,(H,19,20)/t15-/m1/s1. The monoisotopic (exact) mass is 270 g/mol. The second-order valence-electron chi connectivity index (χ2n) is 5.06. The van der Waals surface area contributed by atoms with Gasteiger partial charge in [0.25, 0.3) is 0 Å². The number of nitrogens with one attached hydrogen (secondary N) is 2. The van der Waals surface area contributed by atoms with Crippen molar-refractivity contribution >= 4 is 11.6 Å². The van der Waals surface area contributed by atoms with Gasteiger partial charge >= 0.3 is 0 Å². The summed E-state index contributed by atoms with van der Waals surface area (Å²) in [5.74, 6) is -0.247. The molecule has 0 bridgehead atoms. The van der Waals surface area contributed by atoms with Gasteiger partial charge in [0.2, 0.25) is 5.91 Å². The van der Waals surface area contributed by atoms with E-state index in [0.717, 1.165) is 0 Å². The van der Waals surface area contributed by atoms with Crippen LogP contribution in [0.15, 0.2) is 24.3 Å². The van der Waals surface area contributed by atoms with Gasteiger partial charge in [-0.3, -0.25) is 4.79 Å². The number of nitriles is 2. The zero-order chi connectivity index (χ0) is 15.2. The molecule has 0 spiro atoms. The Morgan fingerprint density at radius 2 is 2.10 bits per heavy atom. The Bertz CT molecular complexity index is 568. The van der Waals surface area contributed by atoms with E-state index in [1.165, 1.54) is 0 Å². The van der Waals surface area contributed by atoms with Crippen molar-refractivity contribution in [2.24, 2.45) is 5.92 Å². The first-order valence-corrected chi connectivity index (χ1v) is 6.37. The molecule has 0 saturated carbocycles. The van der Waals surface area contributed by atoms with Gasteiger partial charge < -0.3 is 10.6 Å². The van der Waals surface area contributed by atoms with E-state index in [2.05, 4.69) is 16.7 Å². The van der Waals surface area contributed by atoms with E-state index in [-0.39, 0.29) is 18.4 Å². The van der Waals surface area contributed by atoms with Crippen LogP contribution in [0.5, 0.6) is 0 Å². The van der Waals surface area contributed by atoms with Crippen LogP contribution in [-0.2, 0) is 4.79 Å². The molecule has 20 heavy (non-hydrogen) atoms. The number of amides is 1. The SMILES string of the molecule is CC(C)[C@@](C)(C#N)NC(=O)CNc1cccc(C#N)c1. The maximum absolute atomic E-state index is 11.9. The Kier molecular flexibility index (Phi) is 5.11. The fourth-order valence-electron chi connectivity index (χ4n) is 1.52. The Hall–Kier alpha value is -2.53. The topological polar surface area (TPSA) is 88.7 Å². The van der Waals surface area contributed by atoms with Crippen LogP contribution in [-0.4, -0.2) is 18.0 Å². The molecule has 0 saturated heterocycles. The van der Waals surface area contributed by atoms with Crippen LogP contribution in [0.4, 0.5) is 5.69 Å². The summed E-state index contributed by atoms with van der Waals surface area (Å²) in [6, 6.07) is 11.0. The second kappa shape index (κ2) is 6.58. The quantitative estimate of drug-likeness (QED) is 0.856. The van der Waals surface area contributed by atoms with Gasteiger partial charge in [-0.05, 0) is 31.0 Å². The predicted molar refractivity (Wildman–Crippen MR) is 76.6 cm³/mol. The lowest BCUT2D eigenvalue weighted by molar-refractivity contribution is -0.121. The van der Waals surface area contributed by atoms with Crippen LogP contribution in [0.2, 0.25) is 0 Å². The Labute approximate surface area is 119 Å². The highest BCUT2D eigenvalue weighted by Gasteiger charge is 2.29. The Balaban J connectivity index is 2.60. The van der Waals surface area contributed by atoms with Gasteiger partial charge in [-0.15, -0.1) is 0 Å². The van der Waals surface area contributed by atoms with Gasteiger partial charge in [-0.25, -0.2) is 0 Å². The molecule has 5 nitrogen and oxygen atoms in total. The number of carbonyl (C=O) groups excluding carboxylic acids is 1. The van der Waals surface area contributed by atoms with Crippen LogP contribution < -0.4 is 10.6 Å². The van der Waals surface area contributed by atoms with E-state index in [1.54, 1.807) is 31.2 Å². The molecular weight excluding hydrogens is 252 g/mol. The zero-order valence-corrected chi connectivity index (χ0v) is 11.9. The molecule has 1 rings (SSSR count). The minimum Gasteiger partial charge on any atom is -0.376 e. The molecule has 0 aromatic heterocycles. The number of rotatable bonds is 5. The highest BCUT2D eigenvalue weighted by Crippen LogP contribution is 2.15. The number of benzene rings is 1. The molecule has 1 atom stereocenters. The van der Waals surface area contributed by atoms with E-state index in [0.29, 0.717) is 11.3 Å². The summed E-state index contributed by atoms with van der Waals surface area (Å²) < 4.78 is 0. The first-order valence-electron chi connectivity index (χ1n) is 6.37. The molecule has 2 N–H and O–H groups in total. The first-order chi connectivity index (χ1) is 9.41. The first kappa shape index (κ1) is 15.5. The van der Waals surface area contributed by atoms with Crippen LogP contribution >= 0.6 is 0 Å². The van der Waals surface area contributed by atoms with E-state index >= 15 is 0 Å². The minimum atomic E-state index is -0.882. The summed E-state index contributed by atoms with van der Waals surface area (Å²) >= 11 is 0. The van der Waals surface area contributed by atoms with Crippen LogP contribution in [0.3, 0.4) is 0 Å². The molecule has 0 radical (unpaired) electrons. The molecule has 1 amide bonds. The largest absolute Gasteiger partial charge is 0.376 e. The number of nitrogens with zero attached hydrogens (tertiary/aromatic N) is 2. The lowest BCUT2D eigenvalue weighted by atomic mass is 9.90. The summed E-state index contributed by atoms with van der Waals surface area (Å²) in [5.41, 5.74) is 0.342. The molecular formula is C15H18N4O. The molecule has 0 aliphatic heterocycles. The van der Waals surface area contributed by atoms with E-state index in [9.17, 15) is 4.79 Å². The van der Waals surface area contributed by atoms with Crippen molar-refractivity contribution < 1.29 is 4.79 Å². The molecule has 104 valence electrons. The highest BCUT2D eigenvalue weighted by molar-refractivity contribution is 5.81. The molecule has 0 heterocycles. The van der Waals surface area contributed by atoms with Gasteiger partial charge in [-0.1, -0.05) is 19.9 Å². The van der Waals surface area contributed by atoms with Crippen LogP contribution in [0, 0.1) is 28.6 Å². The minimum absolute atomic E-state index is 0.0124. The van der Waals surface area contributed by atoms with Crippen molar-refractivity contribution in [1.82, 2.24) is 5.32 Å². The molecule has 0 aliphatic rings. The predicted octanol–water partition coefficient (Wildman–Crippen LogP) is 2.02. The van der Waals surface area contributed by atoms with Crippen LogP contribution in [0.1, 0.15) is 26.3 Å². The molecule has 0 unspecified atom stereocenters. The Morgan fingerprint density at radius 1 is 1.40 bits per heavy atom. The van der Waals surface area contributed by atoms with Crippen molar-refractivity contribution in [1.29, 1.82) is 10.5 Å². The fourth-order valence-corrected chi connectivity index (χ4v) is 1.52. The van der Waals surface area contributed by atoms with E-state index in [4.69, 9.17) is 10.5 Å². The molecule has 1 aromatic rings. The molecule has 0 aliphatic carbocycles. The molecule has 1 aromatic carbocycles. The number of anilines is 1. The number of carbonyl (C=O) groups is 1. The van der Waals surface area contributed by atoms with Gasteiger partial charge in [0.1, 0.15) is 5.54 Å². The average molecular weight is 270 g/mol. The number of hydrogen-bond acceptors (Lipinski definition) is 4. The third kappa shape index (κ3) is 4.00. The summed E-state index contributed by atoms with van der Waals surface area (Å²) in [7, 11) is 0. The van der Waals surface area contributed by atoms with Gasteiger partial charge in [-0.2, -0.15) is 10.5 Å². The highest BCUT2D eigenvalue weighted by atomic mass is 16.2.